The Morgan fingerprint density at radius 1 is 1.71 bits per heavy atom. The Kier molecular flexibility index (Phi) is 2.89. The summed E-state index contributed by atoms with van der Waals surface area (Å²) in [6, 6.07) is 4.38. The second-order valence-corrected chi connectivity index (χ2v) is 4.08. The molecule has 0 amide bonds. The monoisotopic (exact) mass is 194 g/mol. The van der Waals surface area contributed by atoms with Gasteiger partial charge in [-0.2, -0.15) is 0 Å². The maximum atomic E-state index is 5.66. The summed E-state index contributed by atoms with van der Waals surface area (Å²) in [5.74, 6) is 1.73. The van der Waals surface area contributed by atoms with E-state index in [0.29, 0.717) is 12.0 Å². The molecule has 1 aromatic heterocycles. The topological polar surface area (TPSA) is 42.4 Å². The first-order chi connectivity index (χ1) is 6.81. The summed E-state index contributed by atoms with van der Waals surface area (Å²) in [6.45, 7) is 5.25. The molecule has 2 heterocycles. The number of hydrogen-bond acceptors (Lipinski definition) is 3. The molecule has 0 aliphatic carbocycles. The number of hydrogen-bond donors (Lipinski definition) is 1. The van der Waals surface area contributed by atoms with E-state index in [1.807, 2.05) is 12.1 Å². The number of rotatable bonds is 3. The van der Waals surface area contributed by atoms with Crippen LogP contribution in [-0.4, -0.2) is 24.5 Å². The maximum Gasteiger partial charge on any atom is 0.120 e. The van der Waals surface area contributed by atoms with Gasteiger partial charge in [0.2, 0.25) is 0 Å². The van der Waals surface area contributed by atoms with Crippen molar-refractivity contribution in [2.75, 3.05) is 19.6 Å². The lowest BCUT2D eigenvalue weighted by Gasteiger charge is -2.22. The summed E-state index contributed by atoms with van der Waals surface area (Å²) < 4.78 is 5.40. The van der Waals surface area contributed by atoms with Crippen molar-refractivity contribution in [3.05, 3.63) is 24.2 Å². The number of nitrogens with zero attached hydrogens (tertiary/aromatic N) is 1. The van der Waals surface area contributed by atoms with Gasteiger partial charge >= 0.3 is 0 Å². The van der Waals surface area contributed by atoms with Gasteiger partial charge in [0.25, 0.3) is 0 Å². The molecule has 1 aliphatic rings. The predicted molar refractivity (Wildman–Crippen MR) is 55.9 cm³/mol. The number of nitrogens with two attached hydrogens (primary N) is 1. The first kappa shape index (κ1) is 9.74. The van der Waals surface area contributed by atoms with Crippen molar-refractivity contribution in [1.82, 2.24) is 4.90 Å². The zero-order valence-electron chi connectivity index (χ0n) is 8.65. The normalized spacial score (nSPS) is 25.4. The Hall–Kier alpha value is -0.800. The molecule has 2 rings (SSSR count). The van der Waals surface area contributed by atoms with Crippen molar-refractivity contribution in [2.45, 2.75) is 19.4 Å². The molecule has 3 heteroatoms. The van der Waals surface area contributed by atoms with Crippen LogP contribution in [0.25, 0.3) is 0 Å². The minimum absolute atomic E-state index is 0.390. The van der Waals surface area contributed by atoms with E-state index in [-0.39, 0.29) is 0 Å². The number of likely N-dealkylation sites (tertiary alicyclic amines) is 1. The summed E-state index contributed by atoms with van der Waals surface area (Å²) in [4.78, 5) is 2.44. The minimum Gasteiger partial charge on any atom is -0.468 e. The fourth-order valence-corrected chi connectivity index (χ4v) is 2.12. The van der Waals surface area contributed by atoms with Crippen molar-refractivity contribution >= 4 is 0 Å². The molecule has 0 aromatic carbocycles. The van der Waals surface area contributed by atoms with Crippen molar-refractivity contribution < 1.29 is 4.42 Å². The van der Waals surface area contributed by atoms with Gasteiger partial charge in [-0.1, -0.05) is 0 Å². The Balaban J connectivity index is 1.97. The first-order valence-electron chi connectivity index (χ1n) is 5.28. The van der Waals surface area contributed by atoms with E-state index in [9.17, 15) is 0 Å². The predicted octanol–water partition coefficient (Wildman–Crippen LogP) is 1.62. The van der Waals surface area contributed by atoms with Gasteiger partial charge in [0, 0.05) is 6.54 Å². The average Bonchev–Trinajstić information content (AvgIpc) is 2.88. The molecule has 1 aliphatic heterocycles. The quantitative estimate of drug-likeness (QED) is 0.795. The molecule has 3 nitrogen and oxygen atoms in total. The molecule has 78 valence electrons. The van der Waals surface area contributed by atoms with E-state index in [4.69, 9.17) is 10.2 Å². The van der Waals surface area contributed by atoms with Crippen LogP contribution in [-0.2, 0) is 0 Å². The zero-order chi connectivity index (χ0) is 9.97. The van der Waals surface area contributed by atoms with Gasteiger partial charge in [-0.15, -0.1) is 0 Å². The van der Waals surface area contributed by atoms with Crippen molar-refractivity contribution in [1.29, 1.82) is 0 Å². The molecule has 2 atom stereocenters. The SMILES string of the molecule is C[C@@H](c1ccco1)N1CC[C@H](CN)C1. The smallest absolute Gasteiger partial charge is 0.120 e. The van der Waals surface area contributed by atoms with E-state index in [1.165, 1.54) is 6.42 Å². The van der Waals surface area contributed by atoms with E-state index in [2.05, 4.69) is 11.8 Å². The van der Waals surface area contributed by atoms with Crippen molar-refractivity contribution in [3.8, 4) is 0 Å². The van der Waals surface area contributed by atoms with Gasteiger partial charge in [0.1, 0.15) is 5.76 Å². The maximum absolute atomic E-state index is 5.66. The molecule has 14 heavy (non-hydrogen) atoms. The second-order valence-electron chi connectivity index (χ2n) is 4.08. The standard InChI is InChI=1S/C11H18N2O/c1-9(11-3-2-6-14-11)13-5-4-10(7-12)8-13/h2-3,6,9-10H,4-5,7-8,12H2,1H3/t9-,10+/m0/s1. The van der Waals surface area contributed by atoms with Crippen LogP contribution in [0.4, 0.5) is 0 Å². The molecule has 0 saturated carbocycles. The lowest BCUT2D eigenvalue weighted by Crippen LogP contribution is -2.25. The van der Waals surface area contributed by atoms with Gasteiger partial charge in [0.05, 0.1) is 12.3 Å². The van der Waals surface area contributed by atoms with Crippen LogP contribution in [0.5, 0.6) is 0 Å². The highest BCUT2D eigenvalue weighted by Gasteiger charge is 2.26. The highest BCUT2D eigenvalue weighted by atomic mass is 16.3. The Morgan fingerprint density at radius 2 is 2.57 bits per heavy atom. The molecule has 0 spiro atoms. The third-order valence-corrected chi connectivity index (χ3v) is 3.15. The second kappa shape index (κ2) is 4.15. The Morgan fingerprint density at radius 3 is 3.14 bits per heavy atom. The van der Waals surface area contributed by atoms with Gasteiger partial charge < -0.3 is 10.2 Å². The Bertz CT molecular complexity index is 271. The highest BCUT2D eigenvalue weighted by molar-refractivity contribution is 5.04. The molecule has 0 bridgehead atoms. The lowest BCUT2D eigenvalue weighted by atomic mass is 10.1. The van der Waals surface area contributed by atoms with Crippen molar-refractivity contribution in [3.63, 3.8) is 0 Å². The molecular formula is C11H18N2O. The zero-order valence-corrected chi connectivity index (χ0v) is 8.65. The van der Waals surface area contributed by atoms with Gasteiger partial charge in [-0.05, 0) is 44.5 Å². The van der Waals surface area contributed by atoms with Crippen LogP contribution >= 0.6 is 0 Å². The molecule has 0 unspecified atom stereocenters. The summed E-state index contributed by atoms with van der Waals surface area (Å²) in [6.07, 6.45) is 2.96. The molecule has 0 radical (unpaired) electrons. The van der Waals surface area contributed by atoms with E-state index in [1.54, 1.807) is 6.26 Å². The molecule has 2 N–H and O–H groups in total. The summed E-state index contributed by atoms with van der Waals surface area (Å²) in [5.41, 5.74) is 5.66. The van der Waals surface area contributed by atoms with E-state index in [0.717, 1.165) is 25.4 Å². The summed E-state index contributed by atoms with van der Waals surface area (Å²) in [7, 11) is 0. The fraction of sp³-hybridized carbons (Fsp3) is 0.636. The third kappa shape index (κ3) is 1.83. The first-order valence-corrected chi connectivity index (χ1v) is 5.28. The van der Waals surface area contributed by atoms with Gasteiger partial charge in [-0.3, -0.25) is 4.90 Å². The largest absolute Gasteiger partial charge is 0.468 e. The highest BCUT2D eigenvalue weighted by Crippen LogP contribution is 2.26. The van der Waals surface area contributed by atoms with Crippen LogP contribution in [0.3, 0.4) is 0 Å². The number of furan rings is 1. The molecular weight excluding hydrogens is 176 g/mol. The van der Waals surface area contributed by atoms with Crippen molar-refractivity contribution in [2.24, 2.45) is 11.7 Å². The Labute approximate surface area is 84.9 Å². The molecule has 1 aromatic rings. The van der Waals surface area contributed by atoms with Crippen LogP contribution in [0.15, 0.2) is 22.8 Å². The van der Waals surface area contributed by atoms with Crippen LogP contribution in [0.2, 0.25) is 0 Å². The van der Waals surface area contributed by atoms with Gasteiger partial charge in [0.15, 0.2) is 0 Å². The van der Waals surface area contributed by atoms with Crippen LogP contribution in [0, 0.1) is 5.92 Å². The van der Waals surface area contributed by atoms with Crippen LogP contribution in [0.1, 0.15) is 25.1 Å². The summed E-state index contributed by atoms with van der Waals surface area (Å²) in [5, 5.41) is 0. The van der Waals surface area contributed by atoms with Gasteiger partial charge in [-0.25, -0.2) is 0 Å². The van der Waals surface area contributed by atoms with E-state index >= 15 is 0 Å². The molecule has 1 saturated heterocycles. The fourth-order valence-electron chi connectivity index (χ4n) is 2.12. The minimum atomic E-state index is 0.390. The summed E-state index contributed by atoms with van der Waals surface area (Å²) >= 11 is 0. The molecule has 1 fully saturated rings. The lowest BCUT2D eigenvalue weighted by molar-refractivity contribution is 0.224. The van der Waals surface area contributed by atoms with E-state index < -0.39 is 0 Å². The van der Waals surface area contributed by atoms with Crippen LogP contribution < -0.4 is 5.73 Å². The average molecular weight is 194 g/mol. The third-order valence-electron chi connectivity index (χ3n) is 3.15.